The van der Waals surface area contributed by atoms with Crippen LogP contribution in [0.15, 0.2) is 16.7 Å². The molecule has 2 aliphatic rings. The summed E-state index contributed by atoms with van der Waals surface area (Å²) in [6.45, 7) is 4.61. The van der Waals surface area contributed by atoms with Gasteiger partial charge in [0, 0.05) is 42.4 Å². The highest BCUT2D eigenvalue weighted by Gasteiger charge is 2.32. The minimum Gasteiger partial charge on any atom is -0.343 e. The van der Waals surface area contributed by atoms with E-state index in [4.69, 9.17) is 0 Å². The first-order valence-electron chi connectivity index (χ1n) is 7.08. The van der Waals surface area contributed by atoms with Crippen molar-refractivity contribution in [2.75, 3.05) is 13.1 Å². The third kappa shape index (κ3) is 2.58. The first-order chi connectivity index (χ1) is 9.17. The molecule has 2 aliphatic heterocycles. The first kappa shape index (κ1) is 13.2. The Kier molecular flexibility index (Phi) is 3.67. The molecular weight excluding hydrogens is 306 g/mol. The number of nitrogens with one attached hydrogen (secondary N) is 1. The Labute approximate surface area is 122 Å². The second-order valence-electron chi connectivity index (χ2n) is 5.51. The van der Waals surface area contributed by atoms with Gasteiger partial charge in [-0.15, -0.1) is 0 Å². The second-order valence-corrected chi connectivity index (χ2v) is 6.42. The first-order valence-corrected chi connectivity index (χ1v) is 7.87. The van der Waals surface area contributed by atoms with Crippen LogP contribution in [0.5, 0.6) is 0 Å². The number of fused-ring (bicyclic) bond motifs is 2. The lowest BCUT2D eigenvalue weighted by molar-refractivity contribution is 0.0737. The fourth-order valence-electron chi connectivity index (χ4n) is 3.20. The van der Waals surface area contributed by atoms with Crippen LogP contribution in [0.2, 0.25) is 0 Å². The molecule has 0 aliphatic carbocycles. The van der Waals surface area contributed by atoms with Gasteiger partial charge in [0.15, 0.2) is 0 Å². The van der Waals surface area contributed by atoms with Crippen molar-refractivity contribution in [3.63, 3.8) is 0 Å². The standard InChI is InChI=1S/C14H20BrN3O/c1-2-17-8-10(15)7-13(17)14(19)18-6-5-11-3-4-12(9-18)16-11/h7-8,11-12,16H,2-6,9H2,1H3. The molecule has 2 fully saturated rings. The van der Waals surface area contributed by atoms with Crippen LogP contribution >= 0.6 is 15.9 Å². The molecule has 0 aromatic carbocycles. The molecule has 2 saturated heterocycles. The molecule has 3 heterocycles. The van der Waals surface area contributed by atoms with E-state index in [1.807, 2.05) is 21.7 Å². The molecule has 0 radical (unpaired) electrons. The van der Waals surface area contributed by atoms with Crippen molar-refractivity contribution < 1.29 is 4.79 Å². The maximum Gasteiger partial charge on any atom is 0.270 e. The van der Waals surface area contributed by atoms with E-state index in [-0.39, 0.29) is 5.91 Å². The van der Waals surface area contributed by atoms with Crippen molar-refractivity contribution >= 4 is 21.8 Å². The third-order valence-corrected chi connectivity index (χ3v) is 4.67. The number of aryl methyl sites for hydroxylation is 1. The predicted octanol–water partition coefficient (Wildman–Crippen LogP) is 2.24. The van der Waals surface area contributed by atoms with E-state index < -0.39 is 0 Å². The van der Waals surface area contributed by atoms with Crippen molar-refractivity contribution in [2.24, 2.45) is 0 Å². The summed E-state index contributed by atoms with van der Waals surface area (Å²) in [5.74, 6) is 0.168. The zero-order valence-corrected chi connectivity index (χ0v) is 12.8. The summed E-state index contributed by atoms with van der Waals surface area (Å²) in [6.07, 6.45) is 5.53. The zero-order valence-electron chi connectivity index (χ0n) is 11.2. The van der Waals surface area contributed by atoms with Crippen LogP contribution in [-0.4, -0.2) is 40.5 Å². The molecule has 3 rings (SSSR count). The molecule has 19 heavy (non-hydrogen) atoms. The minimum atomic E-state index is 0.168. The molecule has 1 N–H and O–H groups in total. The third-order valence-electron chi connectivity index (χ3n) is 4.23. The highest BCUT2D eigenvalue weighted by molar-refractivity contribution is 9.10. The highest BCUT2D eigenvalue weighted by Crippen LogP contribution is 2.23. The summed E-state index contributed by atoms with van der Waals surface area (Å²) in [5.41, 5.74) is 0.798. The van der Waals surface area contributed by atoms with E-state index in [1.165, 1.54) is 12.8 Å². The molecule has 1 amide bonds. The van der Waals surface area contributed by atoms with E-state index in [9.17, 15) is 4.79 Å². The van der Waals surface area contributed by atoms with Crippen LogP contribution in [0.1, 0.15) is 36.7 Å². The number of aromatic nitrogens is 1. The van der Waals surface area contributed by atoms with Gasteiger partial charge in [-0.25, -0.2) is 0 Å². The summed E-state index contributed by atoms with van der Waals surface area (Å²) in [4.78, 5) is 14.7. The number of amides is 1. The Hall–Kier alpha value is -0.810. The number of likely N-dealkylation sites (tertiary alicyclic amines) is 1. The maximum absolute atomic E-state index is 12.7. The van der Waals surface area contributed by atoms with Gasteiger partial charge in [-0.1, -0.05) is 0 Å². The normalized spacial score (nSPS) is 26.5. The van der Waals surface area contributed by atoms with Gasteiger partial charge in [0.2, 0.25) is 0 Å². The van der Waals surface area contributed by atoms with E-state index in [1.54, 1.807) is 0 Å². The second kappa shape index (κ2) is 5.29. The van der Waals surface area contributed by atoms with E-state index in [0.29, 0.717) is 12.1 Å². The Morgan fingerprint density at radius 1 is 1.42 bits per heavy atom. The number of hydrogen-bond donors (Lipinski definition) is 1. The van der Waals surface area contributed by atoms with Crippen molar-refractivity contribution in [3.05, 3.63) is 22.4 Å². The predicted molar refractivity (Wildman–Crippen MR) is 78.3 cm³/mol. The zero-order chi connectivity index (χ0) is 13.4. The van der Waals surface area contributed by atoms with Crippen LogP contribution in [0, 0.1) is 0 Å². The number of rotatable bonds is 2. The molecular formula is C14H20BrN3O. The lowest BCUT2D eigenvalue weighted by Crippen LogP contribution is -2.39. The van der Waals surface area contributed by atoms with Crippen LogP contribution < -0.4 is 5.32 Å². The molecule has 1 aromatic heterocycles. The van der Waals surface area contributed by atoms with Crippen LogP contribution in [0.25, 0.3) is 0 Å². The maximum atomic E-state index is 12.7. The van der Waals surface area contributed by atoms with Crippen molar-refractivity contribution in [1.29, 1.82) is 0 Å². The van der Waals surface area contributed by atoms with E-state index in [2.05, 4.69) is 28.2 Å². The van der Waals surface area contributed by atoms with Gasteiger partial charge in [0.1, 0.15) is 5.69 Å². The monoisotopic (exact) mass is 325 g/mol. The molecule has 4 nitrogen and oxygen atoms in total. The molecule has 2 unspecified atom stereocenters. The van der Waals surface area contributed by atoms with Gasteiger partial charge >= 0.3 is 0 Å². The molecule has 5 heteroatoms. The quantitative estimate of drug-likeness (QED) is 0.905. The Morgan fingerprint density at radius 3 is 3.00 bits per heavy atom. The van der Waals surface area contributed by atoms with Gasteiger partial charge in [-0.05, 0) is 48.2 Å². The molecule has 1 aromatic rings. The van der Waals surface area contributed by atoms with E-state index in [0.717, 1.165) is 36.2 Å². The van der Waals surface area contributed by atoms with Crippen LogP contribution in [-0.2, 0) is 6.54 Å². The average Bonchev–Trinajstić information content (AvgIpc) is 2.91. The lowest BCUT2D eigenvalue weighted by Gasteiger charge is -2.24. The smallest absolute Gasteiger partial charge is 0.270 e. The number of nitrogens with zero attached hydrogens (tertiary/aromatic N) is 2. The summed E-state index contributed by atoms with van der Waals surface area (Å²) in [5, 5.41) is 3.61. The topological polar surface area (TPSA) is 37.3 Å². The molecule has 0 saturated carbocycles. The fraction of sp³-hybridized carbons (Fsp3) is 0.643. The summed E-state index contributed by atoms with van der Waals surface area (Å²) < 4.78 is 3.00. The lowest BCUT2D eigenvalue weighted by atomic mass is 10.1. The largest absolute Gasteiger partial charge is 0.343 e. The van der Waals surface area contributed by atoms with Gasteiger partial charge < -0.3 is 14.8 Å². The average molecular weight is 326 g/mol. The van der Waals surface area contributed by atoms with Crippen molar-refractivity contribution in [1.82, 2.24) is 14.8 Å². The summed E-state index contributed by atoms with van der Waals surface area (Å²) >= 11 is 3.46. The van der Waals surface area contributed by atoms with Crippen LogP contribution in [0.4, 0.5) is 0 Å². The van der Waals surface area contributed by atoms with E-state index >= 15 is 0 Å². The fourth-order valence-corrected chi connectivity index (χ4v) is 3.67. The molecule has 0 spiro atoms. The molecule has 104 valence electrons. The van der Waals surface area contributed by atoms with Gasteiger partial charge in [0.25, 0.3) is 5.91 Å². The van der Waals surface area contributed by atoms with Crippen LogP contribution in [0.3, 0.4) is 0 Å². The molecule has 2 bridgehead atoms. The Balaban J connectivity index is 1.79. The number of halogens is 1. The Bertz CT molecular complexity index is 485. The van der Waals surface area contributed by atoms with Crippen molar-refractivity contribution in [2.45, 2.75) is 44.8 Å². The number of carbonyl (C=O) groups excluding carboxylic acids is 1. The Morgan fingerprint density at radius 2 is 2.21 bits per heavy atom. The number of carbonyl (C=O) groups is 1. The molecule has 2 atom stereocenters. The summed E-state index contributed by atoms with van der Waals surface area (Å²) in [6, 6.07) is 3.04. The van der Waals surface area contributed by atoms with Gasteiger partial charge in [-0.2, -0.15) is 0 Å². The SMILES string of the molecule is CCn1cc(Br)cc1C(=O)N1CCC2CCC(C1)N2. The number of hydrogen-bond acceptors (Lipinski definition) is 2. The van der Waals surface area contributed by atoms with Gasteiger partial charge in [0.05, 0.1) is 0 Å². The van der Waals surface area contributed by atoms with Crippen molar-refractivity contribution in [3.8, 4) is 0 Å². The van der Waals surface area contributed by atoms with Gasteiger partial charge in [-0.3, -0.25) is 4.79 Å². The highest BCUT2D eigenvalue weighted by atomic mass is 79.9. The minimum absolute atomic E-state index is 0.168. The summed E-state index contributed by atoms with van der Waals surface area (Å²) in [7, 11) is 0.